The molecule has 0 unspecified atom stereocenters. The Morgan fingerprint density at radius 2 is 0.800 bits per heavy atom. The summed E-state index contributed by atoms with van der Waals surface area (Å²) in [6.45, 7) is 0. The largest absolute Gasteiger partial charge is 0.174 e. The van der Waals surface area contributed by atoms with E-state index in [0.29, 0.717) is 0 Å². The van der Waals surface area contributed by atoms with E-state index in [1.807, 2.05) is 153 Å². The molecule has 35 heavy (non-hydrogen) atoms. The van der Waals surface area contributed by atoms with Crippen LogP contribution in [0, 0.1) is 0 Å². The van der Waals surface area contributed by atoms with E-state index in [4.69, 9.17) is 0 Å². The molecule has 0 aromatic heterocycles. The second-order valence-corrected chi connectivity index (χ2v) is 22.6. The van der Waals surface area contributed by atoms with E-state index < -0.39 is 0 Å². The minimum atomic E-state index is 0.793. The first-order valence-corrected chi connectivity index (χ1v) is 23.7. The number of hydrogen-bond donors (Lipinski definition) is 3. The van der Waals surface area contributed by atoms with Crippen LogP contribution in [0.3, 0.4) is 0 Å². The Balaban J connectivity index is 1.35. The zero-order valence-corrected chi connectivity index (χ0v) is 31.8. The fourth-order valence-corrected chi connectivity index (χ4v) is 22.3. The molecule has 0 aromatic carbocycles. The third-order valence-electron chi connectivity index (χ3n) is 4.15. The number of rotatable bonds is 10. The summed E-state index contributed by atoms with van der Waals surface area (Å²) in [6.07, 6.45) is 6.54. The molecular formula is C19H20S16. The normalized spacial score (nSPS) is 21.4. The monoisotopic (exact) mass is 760 g/mol. The Morgan fingerprint density at radius 3 is 1.29 bits per heavy atom. The van der Waals surface area contributed by atoms with Crippen LogP contribution in [0.15, 0.2) is 52.8 Å². The van der Waals surface area contributed by atoms with Gasteiger partial charge in [-0.15, -0.1) is 58.8 Å². The first-order valence-electron chi connectivity index (χ1n) is 9.60. The molecule has 0 saturated heterocycles. The van der Waals surface area contributed by atoms with Crippen LogP contribution in [0.4, 0.5) is 0 Å². The van der Waals surface area contributed by atoms with Crippen LogP contribution in [0.2, 0.25) is 0 Å². The van der Waals surface area contributed by atoms with Gasteiger partial charge in [0.1, 0.15) is 0 Å². The highest BCUT2D eigenvalue weighted by atomic mass is 32.3. The van der Waals surface area contributed by atoms with Crippen LogP contribution in [-0.2, 0) is 0 Å². The highest BCUT2D eigenvalue weighted by Gasteiger charge is 2.31. The Hall–Kier alpha value is 4.04. The smallest absolute Gasteiger partial charge is 0.0717 e. The maximum atomic E-state index is 4.65. The zero-order valence-electron chi connectivity index (χ0n) is 18.5. The molecule has 0 saturated carbocycles. The third kappa shape index (κ3) is 8.11. The van der Waals surface area contributed by atoms with Crippen molar-refractivity contribution < 1.29 is 0 Å². The van der Waals surface area contributed by atoms with Gasteiger partial charge in [0, 0.05) is 37.1 Å². The lowest BCUT2D eigenvalue weighted by molar-refractivity contribution is 1.61. The predicted octanol–water partition coefficient (Wildman–Crippen LogP) is 12.1. The summed E-state index contributed by atoms with van der Waals surface area (Å²) in [6, 6.07) is 0. The Labute approximate surface area is 280 Å². The number of thioether (sulfide) groups is 13. The quantitative estimate of drug-likeness (QED) is 0.143. The lowest BCUT2D eigenvalue weighted by atomic mass is 10.6. The lowest BCUT2D eigenvalue weighted by Gasteiger charge is -2.05. The third-order valence-corrected chi connectivity index (χ3v) is 24.3. The highest BCUT2D eigenvalue weighted by Crippen LogP contribution is 2.66. The second-order valence-electron chi connectivity index (χ2n) is 6.17. The molecule has 0 atom stereocenters. The summed E-state index contributed by atoms with van der Waals surface area (Å²) < 4.78 is 12.8. The molecule has 0 aliphatic carbocycles. The van der Waals surface area contributed by atoms with E-state index in [-0.39, 0.29) is 0 Å². The Kier molecular flexibility index (Phi) is 14.6. The predicted molar refractivity (Wildman–Crippen MR) is 205 cm³/mol. The molecule has 4 aliphatic heterocycles. The van der Waals surface area contributed by atoms with E-state index in [9.17, 15) is 0 Å². The van der Waals surface area contributed by atoms with E-state index in [2.05, 4.69) is 56.7 Å². The van der Waals surface area contributed by atoms with Gasteiger partial charge in [-0.05, 0) is 18.8 Å². The first-order chi connectivity index (χ1) is 17.0. The van der Waals surface area contributed by atoms with Gasteiger partial charge >= 0.3 is 0 Å². The van der Waals surface area contributed by atoms with Crippen LogP contribution in [0.5, 0.6) is 0 Å². The maximum Gasteiger partial charge on any atom is 0.0717 e. The second kappa shape index (κ2) is 16.0. The molecule has 0 aromatic rings. The molecule has 0 bridgehead atoms. The minimum absolute atomic E-state index is 0.793. The van der Waals surface area contributed by atoms with Crippen molar-refractivity contribution in [1.29, 1.82) is 0 Å². The first kappa shape index (κ1) is 32.0. The fraction of sp³-hybridized carbons (Fsp3) is 0.368. The number of thiol groups is 3. The van der Waals surface area contributed by atoms with Gasteiger partial charge in [-0.2, -0.15) is 37.9 Å². The molecule has 192 valence electrons. The van der Waals surface area contributed by atoms with Gasteiger partial charge in [-0.25, -0.2) is 0 Å². The molecule has 0 fully saturated rings. The van der Waals surface area contributed by atoms with Crippen LogP contribution < -0.4 is 0 Å². The summed E-state index contributed by atoms with van der Waals surface area (Å²) in [4.78, 5) is 4.11. The van der Waals surface area contributed by atoms with Crippen LogP contribution in [0.25, 0.3) is 0 Å². The molecule has 4 rings (SSSR count). The fourth-order valence-electron chi connectivity index (χ4n) is 2.60. The highest BCUT2D eigenvalue weighted by molar-refractivity contribution is 8.45. The van der Waals surface area contributed by atoms with Crippen LogP contribution in [-0.4, -0.2) is 41.1 Å². The van der Waals surface area contributed by atoms with Gasteiger partial charge < -0.3 is 0 Å². The number of hydrogen-bond acceptors (Lipinski definition) is 16. The SMILES string of the molecule is CSC1=C(SC)SC(=C2SC(CS)=C(SCSC3=C(SC)SC(=C4SC(CS)=C(CS)S4)S3)S2)S1. The van der Waals surface area contributed by atoms with Gasteiger partial charge in [-0.1, -0.05) is 94.1 Å². The van der Waals surface area contributed by atoms with Crippen molar-refractivity contribution in [1.82, 2.24) is 0 Å². The van der Waals surface area contributed by atoms with E-state index >= 15 is 0 Å². The standard InChI is InChI=1S/C19H20S16/c1-23-12-13(24-2)33-19(32-12)17-30-10(6-22)11(31-17)26-7-27-15-14(25-3)34-18(35-15)16-28-8(4-20)9(5-21)29-16/h20-22H,4-7H2,1-3H3. The van der Waals surface area contributed by atoms with Gasteiger partial charge in [0.25, 0.3) is 0 Å². The molecular weight excluding hydrogens is 741 g/mol. The van der Waals surface area contributed by atoms with Gasteiger partial charge in [0.05, 0.1) is 38.1 Å². The summed E-state index contributed by atoms with van der Waals surface area (Å²) >= 11 is 38.6. The molecule has 4 heterocycles. The average molecular weight is 761 g/mol. The summed E-state index contributed by atoms with van der Waals surface area (Å²) in [7, 11) is 0. The summed E-state index contributed by atoms with van der Waals surface area (Å²) in [5.74, 6) is 2.39. The van der Waals surface area contributed by atoms with Crippen molar-refractivity contribution in [3.8, 4) is 0 Å². The van der Waals surface area contributed by atoms with Crippen molar-refractivity contribution in [3.63, 3.8) is 0 Å². The van der Waals surface area contributed by atoms with Gasteiger partial charge in [0.2, 0.25) is 0 Å². The Morgan fingerprint density at radius 1 is 0.457 bits per heavy atom. The van der Waals surface area contributed by atoms with E-state index in [1.54, 1.807) is 0 Å². The summed E-state index contributed by atoms with van der Waals surface area (Å²) in [5, 5.41) is 1.02. The molecule has 4 aliphatic rings. The van der Waals surface area contributed by atoms with Crippen molar-refractivity contribution in [2.24, 2.45) is 0 Å². The van der Waals surface area contributed by atoms with Crippen molar-refractivity contribution >= 4 is 191 Å². The van der Waals surface area contributed by atoms with Crippen molar-refractivity contribution in [3.05, 3.63) is 52.8 Å². The van der Waals surface area contributed by atoms with Gasteiger partial charge in [-0.3, -0.25) is 0 Å². The molecule has 0 radical (unpaired) electrons. The summed E-state index contributed by atoms with van der Waals surface area (Å²) in [5.41, 5.74) is 0. The molecule has 16 heteroatoms. The van der Waals surface area contributed by atoms with E-state index in [0.717, 1.165) is 22.3 Å². The van der Waals surface area contributed by atoms with Crippen LogP contribution >= 0.6 is 191 Å². The molecule has 0 N–H and O–H groups in total. The molecule has 0 amide bonds. The average Bonchev–Trinajstić information content (AvgIpc) is 3.66. The van der Waals surface area contributed by atoms with Gasteiger partial charge in [0.15, 0.2) is 0 Å². The molecule has 0 nitrogen and oxygen atoms in total. The lowest BCUT2D eigenvalue weighted by Crippen LogP contribution is -1.80. The van der Waals surface area contributed by atoms with E-state index in [1.165, 1.54) is 52.8 Å². The zero-order chi connectivity index (χ0) is 24.9. The topological polar surface area (TPSA) is 0 Å². The van der Waals surface area contributed by atoms with Crippen molar-refractivity contribution in [2.75, 3.05) is 41.1 Å². The maximum absolute atomic E-state index is 4.65. The van der Waals surface area contributed by atoms with Crippen molar-refractivity contribution in [2.45, 2.75) is 0 Å². The van der Waals surface area contributed by atoms with Crippen LogP contribution in [0.1, 0.15) is 0 Å². The minimum Gasteiger partial charge on any atom is -0.174 e. The Bertz CT molecular complexity index is 927. The molecule has 0 spiro atoms.